The topological polar surface area (TPSA) is 6.48 Å². The molecule has 0 unspecified atom stereocenters. The van der Waals surface area contributed by atoms with Crippen LogP contribution in [0.1, 0.15) is 88.9 Å². The molecule has 85 heavy (non-hydrogen) atoms. The number of thiophene rings is 1. The summed E-state index contributed by atoms with van der Waals surface area (Å²) in [6.07, 6.45) is 0. The third-order valence-corrected chi connectivity index (χ3v) is 21.1. The minimum Gasteiger partial charge on any atom is -0.310 e. The zero-order valence-electron chi connectivity index (χ0n) is 49.0. The number of nitrogens with zero attached hydrogens (tertiary/aromatic N) is 2. The first-order valence-electron chi connectivity index (χ1n) is 30.1. The smallest absolute Gasteiger partial charge is 0.0726 e. The lowest BCUT2D eigenvalue weighted by Gasteiger charge is -2.32. The predicted octanol–water partition coefficient (Wildman–Crippen LogP) is 22.5. The Morgan fingerprint density at radius 2 is 0.741 bits per heavy atom. The van der Waals surface area contributed by atoms with E-state index in [0.29, 0.717) is 0 Å². The summed E-state index contributed by atoms with van der Waals surface area (Å²) in [5.74, 6) is 0. The molecule has 0 aliphatic heterocycles. The fraction of sp³-hybridized carbons (Fsp3) is 0.122. The Bertz CT molecular complexity index is 4850. The zero-order chi connectivity index (χ0) is 57.3. The second-order valence-corrected chi connectivity index (χ2v) is 26.4. The number of benzene rings is 12. The average Bonchev–Trinajstić information content (AvgIpc) is 1.58. The number of hydrogen-bond acceptors (Lipinski definition) is 3. The summed E-state index contributed by atoms with van der Waals surface area (Å²) >= 11 is 1.89. The Balaban J connectivity index is 0.810. The van der Waals surface area contributed by atoms with E-state index in [9.17, 15) is 0 Å². The molecule has 0 saturated carbocycles. The van der Waals surface area contributed by atoms with Crippen LogP contribution in [0.3, 0.4) is 0 Å². The molecule has 1 heterocycles. The third kappa shape index (κ3) is 6.93. The summed E-state index contributed by atoms with van der Waals surface area (Å²) in [5, 5.41) is 2.57. The SMILES string of the molecule is Cc1ccc2c(c1)C(C)(C)c1cc(N(c3ccc(-c4ccc(N(c5cccc6c5-c5ccccc5C65c6ccccc6-c6ccccc65)c5cccc6c5sc5ccccc56)cc4)c(C)c3)c3ccc4c(c3)C(C)(C)c3cc(C)ccc3-4)ccc1-2. The summed E-state index contributed by atoms with van der Waals surface area (Å²) in [7, 11) is 0. The van der Waals surface area contributed by atoms with Gasteiger partial charge >= 0.3 is 0 Å². The van der Waals surface area contributed by atoms with Crippen LogP contribution in [0.25, 0.3) is 75.8 Å². The second-order valence-electron chi connectivity index (χ2n) is 25.4. The first-order valence-corrected chi connectivity index (χ1v) is 30.9. The third-order valence-electron chi connectivity index (χ3n) is 19.9. The van der Waals surface area contributed by atoms with Gasteiger partial charge in [0.05, 0.1) is 21.5 Å². The van der Waals surface area contributed by atoms with Crippen LogP contribution < -0.4 is 9.80 Å². The fourth-order valence-electron chi connectivity index (χ4n) is 15.9. The normalized spacial score (nSPS) is 14.6. The first kappa shape index (κ1) is 50.0. The Hall–Kier alpha value is -9.54. The van der Waals surface area contributed by atoms with Crippen molar-refractivity contribution in [2.75, 3.05) is 9.80 Å². The maximum Gasteiger partial charge on any atom is 0.0726 e. The minimum atomic E-state index is -0.460. The van der Waals surface area contributed by atoms with Crippen molar-refractivity contribution in [2.24, 2.45) is 0 Å². The molecule has 0 saturated heterocycles. The van der Waals surface area contributed by atoms with Gasteiger partial charge in [0.15, 0.2) is 0 Å². The van der Waals surface area contributed by atoms with Crippen LogP contribution in [-0.2, 0) is 16.2 Å². The lowest BCUT2D eigenvalue weighted by Crippen LogP contribution is -2.26. The molecule has 0 bridgehead atoms. The highest BCUT2D eigenvalue weighted by molar-refractivity contribution is 7.26. The largest absolute Gasteiger partial charge is 0.310 e. The molecule has 0 radical (unpaired) electrons. The molecule has 13 aromatic rings. The van der Waals surface area contributed by atoms with Crippen LogP contribution in [-0.4, -0.2) is 0 Å². The Morgan fingerprint density at radius 3 is 1.34 bits per heavy atom. The van der Waals surface area contributed by atoms with Crippen molar-refractivity contribution in [3.8, 4) is 55.6 Å². The van der Waals surface area contributed by atoms with Crippen LogP contribution in [0.4, 0.5) is 34.1 Å². The summed E-state index contributed by atoms with van der Waals surface area (Å²) < 4.78 is 2.57. The van der Waals surface area contributed by atoms with E-state index >= 15 is 0 Å². The van der Waals surface area contributed by atoms with E-state index in [1.807, 2.05) is 11.3 Å². The molecule has 4 aliphatic carbocycles. The minimum absolute atomic E-state index is 0.147. The monoisotopic (exact) mass is 1110 g/mol. The summed E-state index contributed by atoms with van der Waals surface area (Å²) in [5.41, 5.74) is 33.8. The van der Waals surface area contributed by atoms with Gasteiger partial charge in [-0.2, -0.15) is 0 Å². The number of hydrogen-bond donors (Lipinski definition) is 0. The molecule has 3 heteroatoms. The van der Waals surface area contributed by atoms with E-state index in [0.717, 1.165) is 22.7 Å². The van der Waals surface area contributed by atoms with Gasteiger partial charge in [-0.05, 0) is 188 Å². The van der Waals surface area contributed by atoms with Crippen LogP contribution >= 0.6 is 11.3 Å². The highest BCUT2D eigenvalue weighted by Gasteiger charge is 2.52. The Labute approximate surface area is 502 Å². The van der Waals surface area contributed by atoms with E-state index < -0.39 is 5.41 Å². The van der Waals surface area contributed by atoms with Crippen molar-refractivity contribution in [3.63, 3.8) is 0 Å². The van der Waals surface area contributed by atoms with Gasteiger partial charge in [-0.25, -0.2) is 0 Å². The second kappa shape index (κ2) is 18.0. The van der Waals surface area contributed by atoms with E-state index in [4.69, 9.17) is 0 Å². The van der Waals surface area contributed by atoms with E-state index in [1.54, 1.807) is 0 Å². The van der Waals surface area contributed by atoms with Crippen LogP contribution in [0, 0.1) is 20.8 Å². The van der Waals surface area contributed by atoms with Crippen LogP contribution in [0.5, 0.6) is 0 Å². The first-order chi connectivity index (χ1) is 41.4. The molecule has 2 nitrogen and oxygen atoms in total. The quantitative estimate of drug-likeness (QED) is 0.157. The number of anilines is 6. The molecular formula is C82H62N2S. The molecule has 12 aromatic carbocycles. The van der Waals surface area contributed by atoms with Crippen molar-refractivity contribution in [2.45, 2.75) is 64.7 Å². The highest BCUT2D eigenvalue weighted by atomic mass is 32.1. The van der Waals surface area contributed by atoms with E-state index in [1.165, 1.54) is 148 Å². The highest BCUT2D eigenvalue weighted by Crippen LogP contribution is 2.65. The number of rotatable bonds is 7. The maximum atomic E-state index is 2.56. The molecule has 1 spiro atoms. The van der Waals surface area contributed by atoms with Gasteiger partial charge in [-0.1, -0.05) is 221 Å². The van der Waals surface area contributed by atoms with Gasteiger partial charge in [-0.15, -0.1) is 11.3 Å². The van der Waals surface area contributed by atoms with Gasteiger partial charge in [0.2, 0.25) is 0 Å². The predicted molar refractivity (Wildman–Crippen MR) is 360 cm³/mol. The molecule has 0 amide bonds. The van der Waals surface area contributed by atoms with Crippen molar-refractivity contribution >= 4 is 65.6 Å². The van der Waals surface area contributed by atoms with Gasteiger partial charge in [0.1, 0.15) is 0 Å². The van der Waals surface area contributed by atoms with Crippen LogP contribution in [0.15, 0.2) is 249 Å². The van der Waals surface area contributed by atoms with Crippen molar-refractivity contribution in [1.82, 2.24) is 0 Å². The molecule has 0 atom stereocenters. The molecule has 406 valence electrons. The molecule has 0 N–H and O–H groups in total. The lowest BCUT2D eigenvalue weighted by atomic mass is 9.70. The average molecular weight is 1110 g/mol. The molecule has 17 rings (SSSR count). The Morgan fingerprint density at radius 1 is 0.306 bits per heavy atom. The van der Waals surface area contributed by atoms with Gasteiger partial charge in [-0.3, -0.25) is 0 Å². The Kier molecular flexibility index (Phi) is 10.6. The van der Waals surface area contributed by atoms with Crippen molar-refractivity contribution in [1.29, 1.82) is 0 Å². The molecular weight excluding hydrogens is 1040 g/mol. The van der Waals surface area contributed by atoms with Crippen molar-refractivity contribution in [3.05, 3.63) is 310 Å². The van der Waals surface area contributed by atoms with Gasteiger partial charge in [0.25, 0.3) is 0 Å². The van der Waals surface area contributed by atoms with E-state index in [2.05, 4.69) is 307 Å². The summed E-state index contributed by atoms with van der Waals surface area (Å²) in [6, 6.07) is 95.1. The number of fused-ring (bicyclic) bond motifs is 19. The molecule has 0 fully saturated rings. The zero-order valence-corrected chi connectivity index (χ0v) is 49.8. The van der Waals surface area contributed by atoms with Gasteiger partial charge < -0.3 is 9.80 Å². The van der Waals surface area contributed by atoms with E-state index in [-0.39, 0.29) is 10.8 Å². The standard InChI is InChI=1S/C82H62N2S/c1-49-30-39-60-62-42-37-55(47-73(62)80(4,5)71(60)44-49)83(56-38-43-63-61-40-31-50(2)45-72(61)81(6,7)74(63)48-56)54-36-41-57(51(3)46-54)52-32-34-53(35-33-52)84(76-28-16-22-65-64-20-11-15-29-77(64)85-79(65)76)75-27-17-26-70-78(75)66-21-10-14-25-69(66)82(70)67-23-12-8-18-58(67)59-19-9-13-24-68(59)82/h8-48H,1-7H3. The van der Waals surface area contributed by atoms with Crippen LogP contribution in [0.2, 0.25) is 0 Å². The molecule has 4 aliphatic rings. The maximum absolute atomic E-state index is 2.56. The molecule has 1 aromatic heterocycles. The van der Waals surface area contributed by atoms with Crippen molar-refractivity contribution < 1.29 is 0 Å². The summed E-state index contributed by atoms with van der Waals surface area (Å²) in [4.78, 5) is 5.07. The number of aryl methyl sites for hydroxylation is 3. The fourth-order valence-corrected chi connectivity index (χ4v) is 17.1. The lowest BCUT2D eigenvalue weighted by molar-refractivity contribution is 0.659. The summed E-state index contributed by atoms with van der Waals surface area (Å²) in [6.45, 7) is 16.3. The van der Waals surface area contributed by atoms with Gasteiger partial charge in [0, 0.05) is 54.6 Å².